The first kappa shape index (κ1) is 16.0. The fourth-order valence-corrected chi connectivity index (χ4v) is 3.19. The molecule has 23 heavy (non-hydrogen) atoms. The smallest absolute Gasteiger partial charge is 0.239 e. The lowest BCUT2D eigenvalue weighted by Crippen LogP contribution is -2.28. The molecule has 0 unspecified atom stereocenters. The van der Waals surface area contributed by atoms with Gasteiger partial charge in [0.05, 0.1) is 18.5 Å². The Morgan fingerprint density at radius 3 is 2.61 bits per heavy atom. The van der Waals surface area contributed by atoms with E-state index in [1.807, 2.05) is 54.6 Å². The molecule has 2 aromatic rings. The van der Waals surface area contributed by atoms with Crippen LogP contribution in [0.5, 0.6) is 0 Å². The fraction of sp³-hybridized carbons (Fsp3) is 0.118. The number of hydrogen-bond donors (Lipinski definition) is 0. The summed E-state index contributed by atoms with van der Waals surface area (Å²) in [5.74, 6) is 0.482. The third-order valence-electron chi connectivity index (χ3n) is 3.26. The Morgan fingerprint density at radius 1 is 1.13 bits per heavy atom. The molecule has 0 spiro atoms. The Labute approximate surface area is 147 Å². The van der Waals surface area contributed by atoms with Crippen LogP contribution in [-0.4, -0.2) is 27.9 Å². The maximum atomic E-state index is 12.0. The van der Waals surface area contributed by atoms with Gasteiger partial charge < -0.3 is 0 Å². The molecule has 4 nitrogen and oxygen atoms in total. The van der Waals surface area contributed by atoms with Crippen LogP contribution in [0.4, 0.5) is 0 Å². The SMILES string of the molecule is O=C1CSC(=NN=Cc2ccc(Br)cc2)N1Cc1ccccc1. The number of amides is 1. The van der Waals surface area contributed by atoms with Crippen LogP contribution in [0.15, 0.2) is 69.3 Å². The number of carbonyl (C=O) groups is 1. The van der Waals surface area contributed by atoms with Crippen molar-refractivity contribution in [2.24, 2.45) is 10.2 Å². The van der Waals surface area contributed by atoms with Gasteiger partial charge in [0, 0.05) is 4.47 Å². The number of thioether (sulfide) groups is 1. The summed E-state index contributed by atoms with van der Waals surface area (Å²) in [5, 5.41) is 8.97. The van der Waals surface area contributed by atoms with Gasteiger partial charge in [0.1, 0.15) is 0 Å². The second-order valence-electron chi connectivity index (χ2n) is 4.93. The predicted molar refractivity (Wildman–Crippen MR) is 98.6 cm³/mol. The molecule has 1 aliphatic heterocycles. The van der Waals surface area contributed by atoms with E-state index in [2.05, 4.69) is 26.1 Å². The van der Waals surface area contributed by atoms with Crippen molar-refractivity contribution in [1.29, 1.82) is 0 Å². The van der Waals surface area contributed by atoms with Crippen LogP contribution in [0.1, 0.15) is 11.1 Å². The van der Waals surface area contributed by atoms with E-state index in [0.717, 1.165) is 15.6 Å². The van der Waals surface area contributed by atoms with Gasteiger partial charge in [-0.15, -0.1) is 5.10 Å². The number of carbonyl (C=O) groups excluding carboxylic acids is 1. The Morgan fingerprint density at radius 2 is 1.87 bits per heavy atom. The summed E-state index contributed by atoms with van der Waals surface area (Å²) in [7, 11) is 0. The third kappa shape index (κ3) is 4.30. The average molecular weight is 388 g/mol. The molecule has 0 N–H and O–H groups in total. The maximum Gasteiger partial charge on any atom is 0.239 e. The van der Waals surface area contributed by atoms with Crippen LogP contribution >= 0.6 is 27.7 Å². The highest BCUT2D eigenvalue weighted by molar-refractivity contribution is 9.10. The zero-order chi connectivity index (χ0) is 16.1. The third-order valence-corrected chi connectivity index (χ3v) is 4.74. The number of amidine groups is 1. The minimum Gasteiger partial charge on any atom is -0.285 e. The normalized spacial score (nSPS) is 16.7. The first-order valence-electron chi connectivity index (χ1n) is 7.06. The van der Waals surface area contributed by atoms with E-state index >= 15 is 0 Å². The predicted octanol–water partition coefficient (Wildman–Crippen LogP) is 3.91. The minimum absolute atomic E-state index is 0.0662. The Hall–Kier alpha value is -1.92. The summed E-state index contributed by atoms with van der Waals surface area (Å²) >= 11 is 4.81. The molecule has 1 heterocycles. The Bertz CT molecular complexity index is 744. The van der Waals surface area contributed by atoms with E-state index in [1.165, 1.54) is 11.8 Å². The van der Waals surface area contributed by atoms with Crippen LogP contribution < -0.4 is 0 Å². The zero-order valence-electron chi connectivity index (χ0n) is 12.2. The van der Waals surface area contributed by atoms with Gasteiger partial charge in [-0.2, -0.15) is 5.10 Å². The van der Waals surface area contributed by atoms with Crippen LogP contribution in [0.2, 0.25) is 0 Å². The molecule has 0 saturated carbocycles. The van der Waals surface area contributed by atoms with E-state index in [-0.39, 0.29) is 5.91 Å². The number of halogens is 1. The van der Waals surface area contributed by atoms with Gasteiger partial charge >= 0.3 is 0 Å². The summed E-state index contributed by atoms with van der Waals surface area (Å²) < 4.78 is 1.02. The van der Waals surface area contributed by atoms with Crippen molar-refractivity contribution in [1.82, 2.24) is 4.90 Å². The Kier molecular flexibility index (Phi) is 5.25. The lowest BCUT2D eigenvalue weighted by atomic mass is 10.2. The molecular formula is C17H14BrN3OS. The van der Waals surface area contributed by atoms with Crippen LogP contribution in [0.25, 0.3) is 0 Å². The molecule has 116 valence electrons. The largest absolute Gasteiger partial charge is 0.285 e. The summed E-state index contributed by atoms with van der Waals surface area (Å²) in [4.78, 5) is 13.7. The molecule has 1 fully saturated rings. The summed E-state index contributed by atoms with van der Waals surface area (Å²) in [5.41, 5.74) is 2.04. The molecule has 0 aliphatic carbocycles. The summed E-state index contributed by atoms with van der Waals surface area (Å²) in [6.07, 6.45) is 1.68. The second kappa shape index (κ2) is 7.57. The lowest BCUT2D eigenvalue weighted by molar-refractivity contribution is -0.124. The molecule has 0 bridgehead atoms. The molecule has 0 radical (unpaired) electrons. The zero-order valence-corrected chi connectivity index (χ0v) is 14.6. The summed E-state index contributed by atoms with van der Waals surface area (Å²) in [6.45, 7) is 0.527. The van der Waals surface area contributed by atoms with Crippen LogP contribution in [0, 0.1) is 0 Å². The molecule has 2 aromatic carbocycles. The Balaban J connectivity index is 1.72. The number of benzene rings is 2. The first-order chi connectivity index (χ1) is 11.2. The number of nitrogens with zero attached hydrogens (tertiary/aromatic N) is 3. The molecule has 3 rings (SSSR count). The first-order valence-corrected chi connectivity index (χ1v) is 8.84. The van der Waals surface area contributed by atoms with E-state index in [4.69, 9.17) is 0 Å². The van der Waals surface area contributed by atoms with Gasteiger partial charge in [-0.3, -0.25) is 9.69 Å². The van der Waals surface area contributed by atoms with E-state index in [0.29, 0.717) is 17.5 Å². The molecule has 1 amide bonds. The second-order valence-corrected chi connectivity index (χ2v) is 6.79. The van der Waals surface area contributed by atoms with Gasteiger partial charge in [-0.05, 0) is 23.3 Å². The van der Waals surface area contributed by atoms with Crippen molar-refractivity contribution in [3.63, 3.8) is 0 Å². The van der Waals surface area contributed by atoms with Gasteiger partial charge in [-0.1, -0.05) is 70.2 Å². The summed E-state index contributed by atoms with van der Waals surface area (Å²) in [6, 6.07) is 17.7. The standard InChI is InChI=1S/C17H14BrN3OS/c18-15-8-6-13(7-9-15)10-19-20-17-21(16(22)12-23-17)11-14-4-2-1-3-5-14/h1-10H,11-12H2. The molecule has 6 heteroatoms. The van der Waals surface area contributed by atoms with Gasteiger partial charge in [0.15, 0.2) is 5.17 Å². The van der Waals surface area contributed by atoms with Crippen molar-refractivity contribution < 1.29 is 4.79 Å². The van der Waals surface area contributed by atoms with E-state index < -0.39 is 0 Å². The van der Waals surface area contributed by atoms with Crippen molar-refractivity contribution >= 4 is 45.0 Å². The van der Waals surface area contributed by atoms with E-state index in [1.54, 1.807) is 11.1 Å². The van der Waals surface area contributed by atoms with Gasteiger partial charge in [0.2, 0.25) is 5.91 Å². The van der Waals surface area contributed by atoms with Crippen molar-refractivity contribution in [3.05, 3.63) is 70.2 Å². The van der Waals surface area contributed by atoms with Crippen LogP contribution in [0.3, 0.4) is 0 Å². The highest BCUT2D eigenvalue weighted by atomic mass is 79.9. The number of hydrogen-bond acceptors (Lipinski definition) is 4. The lowest BCUT2D eigenvalue weighted by Gasteiger charge is -2.14. The molecule has 1 saturated heterocycles. The number of rotatable bonds is 4. The fourth-order valence-electron chi connectivity index (χ4n) is 2.09. The minimum atomic E-state index is 0.0662. The average Bonchev–Trinajstić information content (AvgIpc) is 2.91. The van der Waals surface area contributed by atoms with Crippen molar-refractivity contribution in [3.8, 4) is 0 Å². The maximum absolute atomic E-state index is 12.0. The molecule has 0 atom stereocenters. The van der Waals surface area contributed by atoms with E-state index in [9.17, 15) is 4.79 Å². The van der Waals surface area contributed by atoms with Crippen molar-refractivity contribution in [2.45, 2.75) is 6.54 Å². The van der Waals surface area contributed by atoms with Crippen LogP contribution in [-0.2, 0) is 11.3 Å². The molecule has 1 aliphatic rings. The van der Waals surface area contributed by atoms with Gasteiger partial charge in [-0.25, -0.2) is 0 Å². The molecule has 0 aromatic heterocycles. The highest BCUT2D eigenvalue weighted by Gasteiger charge is 2.28. The highest BCUT2D eigenvalue weighted by Crippen LogP contribution is 2.22. The topological polar surface area (TPSA) is 45.0 Å². The molecular weight excluding hydrogens is 374 g/mol. The van der Waals surface area contributed by atoms with Gasteiger partial charge in [0.25, 0.3) is 0 Å². The quantitative estimate of drug-likeness (QED) is 0.589. The van der Waals surface area contributed by atoms with Crippen molar-refractivity contribution in [2.75, 3.05) is 5.75 Å². The monoisotopic (exact) mass is 387 g/mol.